The molecule has 0 amide bonds. The summed E-state index contributed by atoms with van der Waals surface area (Å²) in [6, 6.07) is 5.84. The van der Waals surface area contributed by atoms with Crippen LogP contribution in [0.25, 0.3) is 0 Å². The molecule has 78 valence electrons. The quantitative estimate of drug-likeness (QED) is 0.758. The third-order valence-electron chi connectivity index (χ3n) is 2.41. The highest BCUT2D eigenvalue weighted by atomic mass is 15.5. The summed E-state index contributed by atoms with van der Waals surface area (Å²) in [5.74, 6) is 0.517. The fourth-order valence-electron chi connectivity index (χ4n) is 1.54. The lowest BCUT2D eigenvalue weighted by Crippen LogP contribution is -2.15. The van der Waals surface area contributed by atoms with Gasteiger partial charge < -0.3 is 5.73 Å². The lowest BCUT2D eigenvalue weighted by Gasteiger charge is -2.11. The van der Waals surface area contributed by atoms with Crippen molar-refractivity contribution in [1.82, 2.24) is 20.6 Å². The Balaban J connectivity index is 2.41. The third-order valence-corrected chi connectivity index (χ3v) is 2.41. The molecule has 0 radical (unpaired) electrons. The van der Waals surface area contributed by atoms with Gasteiger partial charge in [0.1, 0.15) is 0 Å². The molecular formula is C10H13N5. The monoisotopic (exact) mass is 203 g/mol. The predicted molar refractivity (Wildman–Crippen MR) is 56.1 cm³/mol. The Kier molecular flexibility index (Phi) is 2.47. The molecule has 1 heterocycles. The topological polar surface area (TPSA) is 80.5 Å². The number of benzene rings is 1. The van der Waals surface area contributed by atoms with Gasteiger partial charge in [-0.05, 0) is 25.0 Å². The van der Waals surface area contributed by atoms with Crippen molar-refractivity contribution >= 4 is 0 Å². The second-order valence-corrected chi connectivity index (χ2v) is 3.61. The second kappa shape index (κ2) is 3.78. The Hall–Kier alpha value is -1.75. The number of rotatable bonds is 2. The van der Waals surface area contributed by atoms with Crippen molar-refractivity contribution in [2.45, 2.75) is 19.9 Å². The number of nitrogens with two attached hydrogens (primary N) is 1. The maximum Gasteiger partial charge on any atom is 0.195 e. The van der Waals surface area contributed by atoms with Gasteiger partial charge in [0.2, 0.25) is 0 Å². The van der Waals surface area contributed by atoms with Crippen LogP contribution in [0.15, 0.2) is 18.2 Å². The standard InChI is InChI=1S/C10H13N5/c1-6-3-4-7(2)8(5-6)9(11)10-12-14-15-13-10/h3-5,9H,11H2,1-2H3,(H,12,13,14,15)/t9-/m1/s1. The van der Waals surface area contributed by atoms with E-state index in [1.54, 1.807) is 0 Å². The van der Waals surface area contributed by atoms with Crippen molar-refractivity contribution in [3.63, 3.8) is 0 Å². The first kappa shape index (κ1) is 9.79. The van der Waals surface area contributed by atoms with Crippen molar-refractivity contribution in [2.24, 2.45) is 5.73 Å². The van der Waals surface area contributed by atoms with Crippen LogP contribution in [0.3, 0.4) is 0 Å². The first-order valence-electron chi connectivity index (χ1n) is 4.74. The molecule has 1 aromatic carbocycles. The summed E-state index contributed by atoms with van der Waals surface area (Å²) in [7, 11) is 0. The largest absolute Gasteiger partial charge is 0.318 e. The van der Waals surface area contributed by atoms with Crippen LogP contribution in [0.4, 0.5) is 0 Å². The molecule has 15 heavy (non-hydrogen) atoms. The highest BCUT2D eigenvalue weighted by Crippen LogP contribution is 2.20. The number of aromatic amines is 1. The van der Waals surface area contributed by atoms with E-state index in [2.05, 4.69) is 32.8 Å². The van der Waals surface area contributed by atoms with E-state index in [9.17, 15) is 0 Å². The van der Waals surface area contributed by atoms with Gasteiger partial charge in [0, 0.05) is 0 Å². The van der Waals surface area contributed by atoms with Gasteiger partial charge in [-0.1, -0.05) is 29.0 Å². The van der Waals surface area contributed by atoms with E-state index in [1.165, 1.54) is 5.56 Å². The van der Waals surface area contributed by atoms with E-state index in [0.29, 0.717) is 5.82 Å². The molecule has 0 unspecified atom stereocenters. The molecule has 5 heteroatoms. The molecule has 0 fully saturated rings. The molecule has 0 aliphatic carbocycles. The first-order valence-corrected chi connectivity index (χ1v) is 4.74. The minimum absolute atomic E-state index is 0.316. The van der Waals surface area contributed by atoms with E-state index >= 15 is 0 Å². The Morgan fingerprint density at radius 3 is 2.80 bits per heavy atom. The zero-order valence-electron chi connectivity index (χ0n) is 8.73. The van der Waals surface area contributed by atoms with Crippen molar-refractivity contribution in [2.75, 3.05) is 0 Å². The van der Waals surface area contributed by atoms with E-state index in [1.807, 2.05) is 19.9 Å². The van der Waals surface area contributed by atoms with Crippen molar-refractivity contribution in [3.8, 4) is 0 Å². The average molecular weight is 203 g/mol. The maximum atomic E-state index is 6.05. The van der Waals surface area contributed by atoms with Crippen LogP contribution in [0.1, 0.15) is 28.6 Å². The van der Waals surface area contributed by atoms with Crippen LogP contribution >= 0.6 is 0 Å². The van der Waals surface area contributed by atoms with Crippen molar-refractivity contribution < 1.29 is 0 Å². The summed E-state index contributed by atoms with van der Waals surface area (Å²) < 4.78 is 0. The molecule has 3 N–H and O–H groups in total. The summed E-state index contributed by atoms with van der Waals surface area (Å²) in [6.07, 6.45) is 0. The molecular weight excluding hydrogens is 190 g/mol. The van der Waals surface area contributed by atoms with Gasteiger partial charge >= 0.3 is 0 Å². The average Bonchev–Trinajstić information content (AvgIpc) is 2.74. The molecule has 0 aliphatic heterocycles. The van der Waals surface area contributed by atoms with Crippen LogP contribution in [0, 0.1) is 13.8 Å². The Bertz CT molecular complexity index is 449. The zero-order valence-corrected chi connectivity index (χ0v) is 8.73. The van der Waals surface area contributed by atoms with E-state index in [0.717, 1.165) is 11.1 Å². The minimum atomic E-state index is -0.316. The smallest absolute Gasteiger partial charge is 0.195 e. The van der Waals surface area contributed by atoms with Gasteiger partial charge in [-0.3, -0.25) is 0 Å². The predicted octanol–water partition coefficient (Wildman–Crippen LogP) is 0.865. The minimum Gasteiger partial charge on any atom is -0.318 e. The van der Waals surface area contributed by atoms with Crippen LogP contribution in [0.5, 0.6) is 0 Å². The third kappa shape index (κ3) is 1.87. The number of tetrazole rings is 1. The Morgan fingerprint density at radius 1 is 1.33 bits per heavy atom. The van der Waals surface area contributed by atoms with Crippen molar-refractivity contribution in [3.05, 3.63) is 40.7 Å². The van der Waals surface area contributed by atoms with Gasteiger partial charge in [0.05, 0.1) is 6.04 Å². The molecule has 0 spiro atoms. The summed E-state index contributed by atoms with van der Waals surface area (Å²) >= 11 is 0. The molecule has 0 aliphatic rings. The second-order valence-electron chi connectivity index (χ2n) is 3.61. The van der Waals surface area contributed by atoms with E-state index in [4.69, 9.17) is 5.73 Å². The van der Waals surface area contributed by atoms with Crippen LogP contribution in [-0.2, 0) is 0 Å². The van der Waals surface area contributed by atoms with Gasteiger partial charge in [-0.2, -0.15) is 5.21 Å². The lowest BCUT2D eigenvalue weighted by atomic mass is 9.99. The number of aromatic nitrogens is 4. The van der Waals surface area contributed by atoms with Crippen LogP contribution < -0.4 is 5.73 Å². The highest BCUT2D eigenvalue weighted by Gasteiger charge is 2.15. The molecule has 1 aromatic heterocycles. The summed E-state index contributed by atoms with van der Waals surface area (Å²) in [5.41, 5.74) is 9.40. The molecule has 1 atom stereocenters. The fourth-order valence-corrected chi connectivity index (χ4v) is 1.54. The Morgan fingerprint density at radius 2 is 2.13 bits per heavy atom. The molecule has 0 saturated heterocycles. The van der Waals surface area contributed by atoms with Crippen LogP contribution in [-0.4, -0.2) is 20.6 Å². The number of hydrogen-bond donors (Lipinski definition) is 2. The summed E-state index contributed by atoms with van der Waals surface area (Å²) in [6.45, 7) is 4.06. The number of hydrogen-bond acceptors (Lipinski definition) is 4. The zero-order chi connectivity index (χ0) is 10.8. The van der Waals surface area contributed by atoms with Gasteiger partial charge in [0.15, 0.2) is 5.82 Å². The lowest BCUT2D eigenvalue weighted by molar-refractivity contribution is 0.778. The van der Waals surface area contributed by atoms with E-state index in [-0.39, 0.29) is 6.04 Å². The highest BCUT2D eigenvalue weighted by molar-refractivity contribution is 5.35. The van der Waals surface area contributed by atoms with Gasteiger partial charge in [-0.25, -0.2) is 0 Å². The number of nitrogens with zero attached hydrogens (tertiary/aromatic N) is 3. The normalized spacial score (nSPS) is 12.7. The summed E-state index contributed by atoms with van der Waals surface area (Å²) in [5, 5.41) is 13.7. The SMILES string of the molecule is Cc1ccc(C)c([C@@H](N)c2nn[nH]n2)c1. The van der Waals surface area contributed by atoms with Crippen molar-refractivity contribution in [1.29, 1.82) is 0 Å². The number of aryl methyl sites for hydroxylation is 2. The molecule has 0 bridgehead atoms. The molecule has 2 aromatic rings. The first-order chi connectivity index (χ1) is 7.18. The fraction of sp³-hybridized carbons (Fsp3) is 0.300. The maximum absolute atomic E-state index is 6.05. The molecule has 5 nitrogen and oxygen atoms in total. The summed E-state index contributed by atoms with van der Waals surface area (Å²) in [4.78, 5) is 0. The van der Waals surface area contributed by atoms with Gasteiger partial charge in [0.25, 0.3) is 0 Å². The molecule has 0 saturated carbocycles. The van der Waals surface area contributed by atoms with E-state index < -0.39 is 0 Å². The number of H-pyrrole nitrogens is 1. The Labute approximate surface area is 87.7 Å². The molecule has 2 rings (SSSR count). The van der Waals surface area contributed by atoms with Crippen LogP contribution in [0.2, 0.25) is 0 Å². The van der Waals surface area contributed by atoms with Gasteiger partial charge in [-0.15, -0.1) is 10.2 Å². The number of nitrogens with one attached hydrogen (secondary N) is 1.